The molecule has 3 aromatic carbocycles. The van der Waals surface area contributed by atoms with Crippen LogP contribution in [0.4, 0.5) is 18.9 Å². The second kappa shape index (κ2) is 8.29. The van der Waals surface area contributed by atoms with Gasteiger partial charge in [-0.3, -0.25) is 4.79 Å². The Morgan fingerprint density at radius 3 is 2.33 bits per heavy atom. The molecule has 33 heavy (non-hydrogen) atoms. The van der Waals surface area contributed by atoms with Gasteiger partial charge in [0.2, 0.25) is 0 Å². The number of carboxylic acid groups (broad SMARTS) is 1. The monoisotopic (exact) mass is 472 g/mol. The highest BCUT2D eigenvalue weighted by Crippen LogP contribution is 2.38. The molecule has 1 aromatic heterocycles. The molecule has 0 fully saturated rings. The van der Waals surface area contributed by atoms with Gasteiger partial charge in [0.05, 0.1) is 21.7 Å². The van der Waals surface area contributed by atoms with Crippen molar-refractivity contribution in [3.63, 3.8) is 0 Å². The van der Waals surface area contributed by atoms with Gasteiger partial charge in [-0.15, -0.1) is 0 Å². The van der Waals surface area contributed by atoms with Gasteiger partial charge in [-0.05, 0) is 35.4 Å². The van der Waals surface area contributed by atoms with Crippen molar-refractivity contribution in [2.24, 2.45) is 7.05 Å². The van der Waals surface area contributed by atoms with Crippen molar-refractivity contribution >= 4 is 40.1 Å². The van der Waals surface area contributed by atoms with E-state index in [0.717, 1.165) is 6.07 Å². The first-order valence-electron chi connectivity index (χ1n) is 9.67. The summed E-state index contributed by atoms with van der Waals surface area (Å²) in [5.41, 5.74) is -0.445. The number of carboxylic acids is 1. The Hall–Kier alpha value is -3.78. The third-order valence-corrected chi connectivity index (χ3v) is 5.66. The van der Waals surface area contributed by atoms with Crippen LogP contribution in [0.5, 0.6) is 0 Å². The van der Waals surface area contributed by atoms with E-state index in [-0.39, 0.29) is 22.0 Å². The number of anilines is 1. The second-order valence-corrected chi connectivity index (χ2v) is 7.68. The molecule has 0 aliphatic heterocycles. The summed E-state index contributed by atoms with van der Waals surface area (Å²) < 4.78 is 42.7. The van der Waals surface area contributed by atoms with E-state index in [1.54, 1.807) is 30.3 Å². The first-order valence-corrected chi connectivity index (χ1v) is 10.1. The number of benzene rings is 3. The number of halogens is 4. The number of nitrogens with zero attached hydrogens (tertiary/aromatic N) is 1. The fraction of sp³-hybridized carbons (Fsp3) is 0.0833. The molecule has 4 aromatic rings. The Morgan fingerprint density at radius 1 is 1.00 bits per heavy atom. The molecule has 4 rings (SSSR count). The molecule has 0 spiro atoms. The number of amides is 1. The molecule has 0 unspecified atom stereocenters. The zero-order valence-electron chi connectivity index (χ0n) is 17.1. The summed E-state index contributed by atoms with van der Waals surface area (Å²) in [7, 11) is 1.53. The highest BCUT2D eigenvalue weighted by Gasteiger charge is 2.36. The van der Waals surface area contributed by atoms with Crippen LogP contribution in [0.2, 0.25) is 5.02 Å². The van der Waals surface area contributed by atoms with Gasteiger partial charge < -0.3 is 15.0 Å². The first kappa shape index (κ1) is 22.4. The molecule has 0 atom stereocenters. The van der Waals surface area contributed by atoms with Crippen molar-refractivity contribution in [2.75, 3.05) is 5.32 Å². The van der Waals surface area contributed by atoms with E-state index in [9.17, 15) is 27.9 Å². The second-order valence-electron chi connectivity index (χ2n) is 7.30. The van der Waals surface area contributed by atoms with Crippen LogP contribution in [0.15, 0.2) is 66.7 Å². The number of hydrogen-bond acceptors (Lipinski definition) is 2. The van der Waals surface area contributed by atoms with Crippen LogP contribution in [-0.4, -0.2) is 21.6 Å². The standard InChI is InChI=1S/C24H16ClF3N2O3/c1-30-18-11-10-14(12-16(18)20(25)21(30)23(32)33)29-22(31)19-15(13-6-3-2-4-7-13)8-5-9-17(19)24(26,27)28/h2-12H,1H3,(H,29,31)(H,32,33). The maximum absolute atomic E-state index is 13.8. The number of carbonyl (C=O) groups excluding carboxylic acids is 1. The van der Waals surface area contributed by atoms with E-state index in [1.807, 2.05) is 0 Å². The van der Waals surface area contributed by atoms with E-state index in [4.69, 9.17) is 11.6 Å². The molecule has 1 heterocycles. The van der Waals surface area contributed by atoms with Crippen LogP contribution in [0, 0.1) is 0 Å². The fourth-order valence-electron chi connectivity index (χ4n) is 3.80. The van der Waals surface area contributed by atoms with Crippen molar-refractivity contribution < 1.29 is 27.9 Å². The molecular formula is C24H16ClF3N2O3. The van der Waals surface area contributed by atoms with Crippen LogP contribution in [-0.2, 0) is 13.2 Å². The number of aryl methyl sites for hydroxylation is 1. The Balaban J connectivity index is 1.81. The molecule has 0 saturated heterocycles. The molecule has 1 amide bonds. The number of carbonyl (C=O) groups is 2. The van der Waals surface area contributed by atoms with Gasteiger partial charge in [-0.1, -0.05) is 54.1 Å². The summed E-state index contributed by atoms with van der Waals surface area (Å²) in [4.78, 5) is 24.6. The number of aromatic nitrogens is 1. The van der Waals surface area contributed by atoms with Gasteiger partial charge in [0, 0.05) is 18.1 Å². The molecule has 5 nitrogen and oxygen atoms in total. The Morgan fingerprint density at radius 2 is 1.70 bits per heavy atom. The minimum atomic E-state index is -4.75. The lowest BCUT2D eigenvalue weighted by atomic mass is 9.94. The van der Waals surface area contributed by atoms with Crippen molar-refractivity contribution in [2.45, 2.75) is 6.18 Å². The maximum Gasteiger partial charge on any atom is 0.417 e. The smallest absolute Gasteiger partial charge is 0.417 e. The quantitative estimate of drug-likeness (QED) is 0.357. The lowest BCUT2D eigenvalue weighted by Gasteiger charge is -2.17. The predicted molar refractivity (Wildman–Crippen MR) is 120 cm³/mol. The van der Waals surface area contributed by atoms with Crippen molar-refractivity contribution in [1.29, 1.82) is 0 Å². The van der Waals surface area contributed by atoms with Gasteiger partial charge in [0.25, 0.3) is 5.91 Å². The zero-order valence-corrected chi connectivity index (χ0v) is 17.8. The van der Waals surface area contributed by atoms with Crippen molar-refractivity contribution in [3.05, 3.63) is 88.6 Å². The minimum absolute atomic E-state index is 0.0308. The van der Waals surface area contributed by atoms with Gasteiger partial charge >= 0.3 is 12.1 Å². The zero-order chi connectivity index (χ0) is 23.9. The van der Waals surface area contributed by atoms with Gasteiger partial charge in [0.15, 0.2) is 0 Å². The van der Waals surface area contributed by atoms with Gasteiger partial charge in [0.1, 0.15) is 5.69 Å². The molecule has 168 valence electrons. The summed E-state index contributed by atoms with van der Waals surface area (Å²) in [6.45, 7) is 0. The van der Waals surface area contributed by atoms with E-state index >= 15 is 0 Å². The van der Waals surface area contributed by atoms with Crippen molar-refractivity contribution in [1.82, 2.24) is 4.57 Å². The fourth-order valence-corrected chi connectivity index (χ4v) is 4.16. The Labute approximate surface area is 191 Å². The first-order chi connectivity index (χ1) is 15.6. The summed E-state index contributed by atoms with van der Waals surface area (Å²) in [5, 5.41) is 12.2. The lowest BCUT2D eigenvalue weighted by molar-refractivity contribution is -0.137. The molecule has 0 saturated carbocycles. The highest BCUT2D eigenvalue weighted by atomic mass is 35.5. The highest BCUT2D eigenvalue weighted by molar-refractivity contribution is 6.38. The average molecular weight is 473 g/mol. The Kier molecular flexibility index (Phi) is 5.63. The van der Waals surface area contributed by atoms with Gasteiger partial charge in [-0.2, -0.15) is 13.2 Å². The molecule has 0 radical (unpaired) electrons. The van der Waals surface area contributed by atoms with Crippen LogP contribution in [0.1, 0.15) is 26.4 Å². The van der Waals surface area contributed by atoms with Gasteiger partial charge in [-0.25, -0.2) is 4.79 Å². The van der Waals surface area contributed by atoms with E-state index in [1.165, 1.54) is 41.9 Å². The van der Waals surface area contributed by atoms with Crippen LogP contribution in [0.25, 0.3) is 22.0 Å². The van der Waals surface area contributed by atoms with E-state index < -0.39 is 29.2 Å². The number of hydrogen-bond donors (Lipinski definition) is 2. The summed E-state index contributed by atoms with van der Waals surface area (Å²) in [6.07, 6.45) is -4.75. The van der Waals surface area contributed by atoms with Crippen LogP contribution < -0.4 is 5.32 Å². The molecule has 2 N–H and O–H groups in total. The number of aromatic carboxylic acids is 1. The molecule has 0 aliphatic rings. The molecular weight excluding hydrogens is 457 g/mol. The normalized spacial score (nSPS) is 11.5. The van der Waals surface area contributed by atoms with Crippen LogP contribution >= 0.6 is 11.6 Å². The number of rotatable bonds is 4. The SMILES string of the molecule is Cn1c(C(=O)O)c(Cl)c2cc(NC(=O)c3c(-c4ccccc4)cccc3C(F)(F)F)ccc21. The topological polar surface area (TPSA) is 71.3 Å². The largest absolute Gasteiger partial charge is 0.477 e. The molecule has 0 bridgehead atoms. The maximum atomic E-state index is 13.8. The molecule has 9 heteroatoms. The number of alkyl halides is 3. The third-order valence-electron chi connectivity index (χ3n) is 5.28. The third kappa shape index (κ3) is 4.05. The van der Waals surface area contributed by atoms with E-state index in [2.05, 4.69) is 5.32 Å². The number of fused-ring (bicyclic) bond motifs is 1. The van der Waals surface area contributed by atoms with Crippen molar-refractivity contribution in [3.8, 4) is 11.1 Å². The Bertz CT molecular complexity index is 1400. The summed E-state index contributed by atoms with van der Waals surface area (Å²) in [6, 6.07) is 16.3. The summed E-state index contributed by atoms with van der Waals surface area (Å²) in [5.74, 6) is -2.18. The average Bonchev–Trinajstić information content (AvgIpc) is 3.03. The minimum Gasteiger partial charge on any atom is -0.477 e. The van der Waals surface area contributed by atoms with Crippen LogP contribution in [0.3, 0.4) is 0 Å². The summed E-state index contributed by atoms with van der Waals surface area (Å²) >= 11 is 6.21. The molecule has 0 aliphatic carbocycles. The lowest BCUT2D eigenvalue weighted by Crippen LogP contribution is -2.20. The predicted octanol–water partition coefficient (Wildman–Crippen LogP) is 6.47. The number of nitrogens with one attached hydrogen (secondary N) is 1. The van der Waals surface area contributed by atoms with E-state index in [0.29, 0.717) is 16.5 Å².